The minimum absolute atomic E-state index is 0.0453. The summed E-state index contributed by atoms with van der Waals surface area (Å²) in [7, 11) is -1.82. The Labute approximate surface area is 267 Å². The number of sulfonamides is 1. The highest BCUT2D eigenvalue weighted by Gasteiger charge is 2.35. The van der Waals surface area contributed by atoms with E-state index in [0.717, 1.165) is 21.0 Å². The number of nitrogens with zero attached hydrogens (tertiary/aromatic N) is 4. The third kappa shape index (κ3) is 6.04. The Balaban J connectivity index is 1.56. The van der Waals surface area contributed by atoms with E-state index < -0.39 is 22.7 Å². The first-order valence-electron chi connectivity index (χ1n) is 14.3. The van der Waals surface area contributed by atoms with E-state index in [1.807, 2.05) is 32.0 Å². The minimum Gasteiger partial charge on any atom is -0.465 e. The lowest BCUT2D eigenvalue weighted by molar-refractivity contribution is 0.0598. The molecule has 236 valence electrons. The average molecular weight is 641 g/mol. The highest BCUT2D eigenvalue weighted by molar-refractivity contribution is 7.92. The number of methoxy groups -OCH3 is 2. The molecule has 5 rings (SSSR count). The summed E-state index contributed by atoms with van der Waals surface area (Å²) < 4.78 is 39.0. The van der Waals surface area contributed by atoms with Crippen molar-refractivity contribution >= 4 is 39.3 Å². The van der Waals surface area contributed by atoms with Crippen LogP contribution in [0.3, 0.4) is 0 Å². The molecule has 0 N–H and O–H groups in total. The van der Waals surface area contributed by atoms with Gasteiger partial charge < -0.3 is 9.47 Å². The molecular weight excluding hydrogens is 608 g/mol. The predicted octanol–water partition coefficient (Wildman–Crippen LogP) is 5.05. The number of imide groups is 1. The molecule has 3 aromatic carbocycles. The number of benzene rings is 3. The Bertz CT molecular complexity index is 1940. The summed E-state index contributed by atoms with van der Waals surface area (Å²) in [5.41, 5.74) is 4.54. The molecule has 1 aliphatic rings. The van der Waals surface area contributed by atoms with Crippen LogP contribution < -0.4 is 4.31 Å². The molecule has 0 saturated carbocycles. The summed E-state index contributed by atoms with van der Waals surface area (Å²) >= 11 is 0. The second-order valence-corrected chi connectivity index (χ2v) is 12.5. The van der Waals surface area contributed by atoms with Crippen molar-refractivity contribution in [2.45, 2.75) is 25.2 Å². The highest BCUT2D eigenvalue weighted by atomic mass is 32.2. The van der Waals surface area contributed by atoms with Gasteiger partial charge in [0, 0.05) is 19.2 Å². The van der Waals surface area contributed by atoms with E-state index in [4.69, 9.17) is 9.47 Å². The maximum atomic E-state index is 14.0. The van der Waals surface area contributed by atoms with Crippen LogP contribution in [-0.4, -0.2) is 68.6 Å². The molecule has 0 unspecified atom stereocenters. The maximum Gasteiger partial charge on any atom is 0.337 e. The number of carbonyl (C=O) groups excluding carboxylic acids is 3. The number of amides is 2. The van der Waals surface area contributed by atoms with Crippen LogP contribution >= 0.6 is 0 Å². The maximum absolute atomic E-state index is 14.0. The Hall–Kier alpha value is -5.20. The second kappa shape index (κ2) is 13.0. The van der Waals surface area contributed by atoms with Crippen LogP contribution in [0.1, 0.15) is 54.3 Å². The quantitative estimate of drug-likeness (QED) is 0.125. The Morgan fingerprint density at radius 3 is 2.13 bits per heavy atom. The van der Waals surface area contributed by atoms with Crippen molar-refractivity contribution in [1.82, 2.24) is 14.9 Å². The number of aryl methyl sites for hydroxylation is 2. The van der Waals surface area contributed by atoms with Crippen molar-refractivity contribution in [3.05, 3.63) is 113 Å². The monoisotopic (exact) mass is 640 g/mol. The van der Waals surface area contributed by atoms with Crippen LogP contribution in [0.5, 0.6) is 0 Å². The Morgan fingerprint density at radius 2 is 1.52 bits per heavy atom. The molecular formula is C34H32N4O7S. The van der Waals surface area contributed by atoms with E-state index in [1.54, 1.807) is 30.3 Å². The van der Waals surface area contributed by atoms with Crippen molar-refractivity contribution in [3.8, 4) is 11.3 Å². The molecule has 0 bridgehead atoms. The van der Waals surface area contributed by atoms with Crippen LogP contribution in [0.25, 0.3) is 16.8 Å². The van der Waals surface area contributed by atoms with Crippen molar-refractivity contribution in [2.75, 3.05) is 31.8 Å². The number of hydrogen-bond donors (Lipinski definition) is 0. The van der Waals surface area contributed by atoms with Gasteiger partial charge in [-0.3, -0.25) is 14.5 Å². The van der Waals surface area contributed by atoms with E-state index >= 15 is 0 Å². The lowest BCUT2D eigenvalue weighted by Gasteiger charge is -2.23. The van der Waals surface area contributed by atoms with Gasteiger partial charge in [-0.15, -0.1) is 0 Å². The summed E-state index contributed by atoms with van der Waals surface area (Å²) in [5, 5.41) is 0. The highest BCUT2D eigenvalue weighted by Crippen LogP contribution is 2.32. The van der Waals surface area contributed by atoms with Crippen molar-refractivity contribution in [2.24, 2.45) is 0 Å². The fourth-order valence-electron chi connectivity index (χ4n) is 5.27. The SMILES string of the molecule is C=C(CCN1C(=O)c2ccccc2C1=O)c1cc(-c2c(C)cccc2C)nc(N(COC)S(=O)(=O)c2cccc(C(=O)OC)c2)n1. The number of anilines is 1. The summed E-state index contributed by atoms with van der Waals surface area (Å²) in [6, 6.07) is 19.5. The number of fused-ring (bicyclic) bond motifs is 1. The third-order valence-electron chi connectivity index (χ3n) is 7.64. The third-order valence-corrected chi connectivity index (χ3v) is 9.34. The van der Waals surface area contributed by atoms with Gasteiger partial charge >= 0.3 is 5.97 Å². The number of ether oxygens (including phenoxy) is 2. The van der Waals surface area contributed by atoms with Gasteiger partial charge in [-0.25, -0.2) is 27.5 Å². The molecule has 0 atom stereocenters. The minimum atomic E-state index is -4.36. The molecule has 4 aromatic rings. The molecule has 2 heterocycles. The number of esters is 1. The molecule has 1 aliphatic heterocycles. The molecule has 0 fully saturated rings. The Kier molecular flexibility index (Phi) is 9.12. The molecule has 1 aromatic heterocycles. The van der Waals surface area contributed by atoms with Gasteiger partial charge in [0.05, 0.1) is 40.1 Å². The van der Waals surface area contributed by atoms with E-state index in [0.29, 0.717) is 28.1 Å². The number of rotatable bonds is 11. The molecule has 2 amide bonds. The number of hydrogen-bond acceptors (Lipinski definition) is 9. The molecule has 0 aliphatic carbocycles. The predicted molar refractivity (Wildman–Crippen MR) is 172 cm³/mol. The average Bonchev–Trinajstić information content (AvgIpc) is 3.30. The largest absolute Gasteiger partial charge is 0.465 e. The first-order chi connectivity index (χ1) is 22.0. The lowest BCUT2D eigenvalue weighted by Crippen LogP contribution is -2.35. The summed E-state index contributed by atoms with van der Waals surface area (Å²) in [4.78, 5) is 48.3. The molecule has 0 spiro atoms. The van der Waals surface area contributed by atoms with E-state index in [9.17, 15) is 22.8 Å². The van der Waals surface area contributed by atoms with Gasteiger partial charge in [-0.2, -0.15) is 0 Å². The zero-order valence-electron chi connectivity index (χ0n) is 25.8. The summed E-state index contributed by atoms with van der Waals surface area (Å²) in [5.74, 6) is -1.67. The van der Waals surface area contributed by atoms with Crippen LogP contribution in [0, 0.1) is 13.8 Å². The zero-order chi connectivity index (χ0) is 33.2. The fourth-order valence-corrected chi connectivity index (χ4v) is 6.59. The van der Waals surface area contributed by atoms with Crippen LogP contribution in [-0.2, 0) is 19.5 Å². The van der Waals surface area contributed by atoms with Gasteiger partial charge in [-0.1, -0.05) is 43.0 Å². The smallest absolute Gasteiger partial charge is 0.337 e. The van der Waals surface area contributed by atoms with Crippen LogP contribution in [0.4, 0.5) is 5.95 Å². The van der Waals surface area contributed by atoms with Crippen LogP contribution in [0.15, 0.2) is 84.3 Å². The zero-order valence-corrected chi connectivity index (χ0v) is 26.6. The van der Waals surface area contributed by atoms with E-state index in [1.165, 1.54) is 43.4 Å². The van der Waals surface area contributed by atoms with Gasteiger partial charge in [-0.05, 0) is 73.4 Å². The normalized spacial score (nSPS) is 12.7. The van der Waals surface area contributed by atoms with Gasteiger partial charge in [0.2, 0.25) is 5.95 Å². The second-order valence-electron chi connectivity index (χ2n) is 10.7. The number of aromatic nitrogens is 2. The molecule has 0 saturated heterocycles. The first-order valence-corrected chi connectivity index (χ1v) is 15.7. The van der Waals surface area contributed by atoms with Gasteiger partial charge in [0.25, 0.3) is 21.8 Å². The summed E-state index contributed by atoms with van der Waals surface area (Å²) in [6.07, 6.45) is 0.173. The lowest BCUT2D eigenvalue weighted by atomic mass is 9.98. The molecule has 11 nitrogen and oxygen atoms in total. The van der Waals surface area contributed by atoms with Crippen LogP contribution in [0.2, 0.25) is 0 Å². The van der Waals surface area contributed by atoms with Gasteiger partial charge in [0.15, 0.2) is 0 Å². The number of carbonyl (C=O) groups is 3. The topological polar surface area (TPSA) is 136 Å². The van der Waals surface area contributed by atoms with E-state index in [2.05, 4.69) is 16.5 Å². The van der Waals surface area contributed by atoms with Crippen molar-refractivity contribution in [1.29, 1.82) is 0 Å². The van der Waals surface area contributed by atoms with Crippen molar-refractivity contribution in [3.63, 3.8) is 0 Å². The summed E-state index contributed by atoms with van der Waals surface area (Å²) in [6.45, 7) is 7.62. The van der Waals surface area contributed by atoms with E-state index in [-0.39, 0.29) is 41.2 Å². The Morgan fingerprint density at radius 1 is 0.891 bits per heavy atom. The standard InChI is InChI=1S/C34H32N4O7S/c1-21(16-17-37-31(39)26-14-6-7-15-27(26)32(37)40)28-19-29(30-22(2)10-8-11-23(30)3)36-34(35-28)38(20-44-4)46(42,43)25-13-9-12-24(18-25)33(41)45-5/h6-15,18-19H,1,16-17,20H2,2-5H3. The van der Waals surface area contributed by atoms with Gasteiger partial charge in [0.1, 0.15) is 6.73 Å². The fraction of sp³-hybridized carbons (Fsp3) is 0.206. The molecule has 0 radical (unpaired) electrons. The molecule has 12 heteroatoms. The molecule has 46 heavy (non-hydrogen) atoms. The van der Waals surface area contributed by atoms with Crippen molar-refractivity contribution < 1.29 is 32.3 Å². The first kappa shape index (κ1) is 32.2.